The number of nitrogens with one attached hydrogen (secondary N) is 1. The molecule has 0 spiro atoms. The summed E-state index contributed by atoms with van der Waals surface area (Å²) >= 11 is 0. The van der Waals surface area contributed by atoms with Gasteiger partial charge in [-0.15, -0.1) is 0 Å². The number of aliphatic carboxylic acids is 1. The number of benzene rings is 1. The first kappa shape index (κ1) is 19.9. The van der Waals surface area contributed by atoms with Crippen LogP contribution < -0.4 is 5.32 Å². The van der Waals surface area contributed by atoms with E-state index in [0.717, 1.165) is 28.2 Å². The summed E-state index contributed by atoms with van der Waals surface area (Å²) in [6.07, 6.45) is 8.51. The van der Waals surface area contributed by atoms with Crippen LogP contribution in [0, 0.1) is 12.8 Å². The Bertz CT molecular complexity index is 1050. The lowest BCUT2D eigenvalue weighted by atomic mass is 10.0. The third-order valence-electron chi connectivity index (χ3n) is 5.30. The van der Waals surface area contributed by atoms with E-state index in [-0.39, 0.29) is 0 Å². The number of rotatable bonds is 8. The average molecular weight is 403 g/mol. The summed E-state index contributed by atoms with van der Waals surface area (Å²) < 4.78 is 0. The van der Waals surface area contributed by atoms with E-state index < -0.39 is 11.9 Å². The molecule has 1 saturated carbocycles. The Morgan fingerprint density at radius 1 is 1.20 bits per heavy atom. The van der Waals surface area contributed by atoms with Crippen LogP contribution in [0.5, 0.6) is 0 Å². The van der Waals surface area contributed by atoms with E-state index in [2.05, 4.69) is 25.3 Å². The van der Waals surface area contributed by atoms with Crippen LogP contribution in [0.1, 0.15) is 49.1 Å². The van der Waals surface area contributed by atoms with Crippen LogP contribution in [-0.4, -0.2) is 31.0 Å². The largest absolute Gasteiger partial charge is 0.481 e. The number of hydrogen-bond donors (Lipinski definition) is 2. The Morgan fingerprint density at radius 2 is 2.03 bits per heavy atom. The van der Waals surface area contributed by atoms with E-state index in [1.165, 1.54) is 12.8 Å². The summed E-state index contributed by atoms with van der Waals surface area (Å²) in [7, 11) is 0. The van der Waals surface area contributed by atoms with E-state index in [1.807, 2.05) is 38.1 Å². The fourth-order valence-electron chi connectivity index (χ4n) is 3.44. The van der Waals surface area contributed by atoms with Gasteiger partial charge >= 0.3 is 5.97 Å². The molecule has 4 rings (SSSR count). The number of hydrogen-bond acceptors (Lipinski definition) is 6. The highest BCUT2D eigenvalue weighted by Gasteiger charge is 2.25. The molecule has 7 nitrogen and oxygen atoms in total. The third-order valence-corrected chi connectivity index (χ3v) is 5.30. The van der Waals surface area contributed by atoms with Crippen LogP contribution in [0.2, 0.25) is 0 Å². The van der Waals surface area contributed by atoms with Crippen LogP contribution in [0.15, 0.2) is 42.9 Å². The number of carboxylic acid groups (broad SMARTS) is 1. The maximum atomic E-state index is 11.2. The topological polar surface area (TPSA) is 101 Å². The van der Waals surface area contributed by atoms with E-state index >= 15 is 0 Å². The molecule has 1 aliphatic rings. The molecule has 2 N–H and O–H groups in total. The van der Waals surface area contributed by atoms with Gasteiger partial charge in [0.2, 0.25) is 5.95 Å². The highest BCUT2D eigenvalue weighted by Crippen LogP contribution is 2.39. The smallest absolute Gasteiger partial charge is 0.306 e. The quantitative estimate of drug-likeness (QED) is 0.570. The molecule has 0 radical (unpaired) electrons. The second kappa shape index (κ2) is 8.57. The molecule has 0 bridgehead atoms. The summed E-state index contributed by atoms with van der Waals surface area (Å²) in [6, 6.07) is 8.06. The molecule has 1 unspecified atom stereocenters. The normalized spacial score (nSPS) is 14.3. The van der Waals surface area contributed by atoms with Crippen molar-refractivity contribution >= 4 is 17.6 Å². The fraction of sp³-hybridized carbons (Fsp3) is 0.348. The van der Waals surface area contributed by atoms with Gasteiger partial charge in [0.05, 0.1) is 23.5 Å². The van der Waals surface area contributed by atoms with Crippen molar-refractivity contribution in [1.29, 1.82) is 0 Å². The number of carbonyl (C=O) groups is 1. The highest BCUT2D eigenvalue weighted by molar-refractivity contribution is 5.70. The predicted molar refractivity (Wildman–Crippen MR) is 115 cm³/mol. The zero-order chi connectivity index (χ0) is 21.1. The van der Waals surface area contributed by atoms with Gasteiger partial charge < -0.3 is 10.4 Å². The van der Waals surface area contributed by atoms with Crippen molar-refractivity contribution in [3.8, 4) is 11.3 Å². The molecule has 1 fully saturated rings. The number of nitrogens with zero attached hydrogens (tertiary/aromatic N) is 4. The Hall–Kier alpha value is -3.35. The molecular formula is C23H25N5O2. The Balaban J connectivity index is 1.53. The molecule has 0 aliphatic heterocycles. The summed E-state index contributed by atoms with van der Waals surface area (Å²) in [5.41, 5.74) is 5.41. The lowest BCUT2D eigenvalue weighted by Gasteiger charge is -2.11. The Labute approximate surface area is 175 Å². The number of aryl methyl sites for hydroxylation is 1. The molecule has 0 amide bonds. The van der Waals surface area contributed by atoms with Crippen molar-refractivity contribution in [3.05, 3.63) is 59.8 Å². The minimum absolute atomic E-state index is 0.383. The second-order valence-electron chi connectivity index (χ2n) is 7.83. The van der Waals surface area contributed by atoms with Crippen molar-refractivity contribution in [2.75, 3.05) is 5.32 Å². The third kappa shape index (κ3) is 4.79. The molecule has 1 aliphatic carbocycles. The van der Waals surface area contributed by atoms with Gasteiger partial charge in [-0.1, -0.05) is 6.92 Å². The number of anilines is 2. The van der Waals surface area contributed by atoms with Crippen LogP contribution in [-0.2, 0) is 11.2 Å². The molecule has 1 atom stereocenters. The van der Waals surface area contributed by atoms with E-state index in [4.69, 9.17) is 0 Å². The van der Waals surface area contributed by atoms with Gasteiger partial charge in [-0.05, 0) is 56.0 Å². The maximum Gasteiger partial charge on any atom is 0.306 e. The Kier molecular flexibility index (Phi) is 5.70. The fourth-order valence-corrected chi connectivity index (χ4v) is 3.44. The standard InChI is InChI=1S/C23H25N5O2/c1-3-15(22(29)30)10-19-12-26-21(13-25-19)17-8-14(2)9-18(11-17)27-23-24-7-6-20(28-23)16-4-5-16/h6-9,11-13,15-16H,3-5,10H2,1-2H3,(H,29,30)(H,24,27,28). The summed E-state index contributed by atoms with van der Waals surface area (Å²) in [6.45, 7) is 3.89. The number of aromatic nitrogens is 4. The molecule has 30 heavy (non-hydrogen) atoms. The van der Waals surface area contributed by atoms with Gasteiger partial charge in [0.1, 0.15) is 0 Å². The first-order valence-corrected chi connectivity index (χ1v) is 10.3. The van der Waals surface area contributed by atoms with Crippen molar-refractivity contribution < 1.29 is 9.90 Å². The van der Waals surface area contributed by atoms with Gasteiger partial charge in [0.15, 0.2) is 0 Å². The summed E-state index contributed by atoms with van der Waals surface area (Å²) in [5.74, 6) is -0.0717. The predicted octanol–water partition coefficient (Wildman–Crippen LogP) is 4.52. The monoisotopic (exact) mass is 403 g/mol. The minimum Gasteiger partial charge on any atom is -0.481 e. The van der Waals surface area contributed by atoms with Crippen LogP contribution in [0.25, 0.3) is 11.3 Å². The highest BCUT2D eigenvalue weighted by atomic mass is 16.4. The summed E-state index contributed by atoms with van der Waals surface area (Å²) in [4.78, 5) is 29.2. The van der Waals surface area contributed by atoms with Gasteiger partial charge in [-0.2, -0.15) is 0 Å². The van der Waals surface area contributed by atoms with Crippen molar-refractivity contribution in [2.45, 2.75) is 45.4 Å². The van der Waals surface area contributed by atoms with Gasteiger partial charge in [0.25, 0.3) is 0 Å². The van der Waals surface area contributed by atoms with Gasteiger partial charge in [-0.25, -0.2) is 9.97 Å². The first-order chi connectivity index (χ1) is 14.5. The zero-order valence-corrected chi connectivity index (χ0v) is 17.2. The second-order valence-corrected chi connectivity index (χ2v) is 7.83. The molecular weight excluding hydrogens is 378 g/mol. The van der Waals surface area contributed by atoms with Crippen molar-refractivity contribution in [2.24, 2.45) is 5.92 Å². The summed E-state index contributed by atoms with van der Waals surface area (Å²) in [5, 5.41) is 12.5. The first-order valence-electron chi connectivity index (χ1n) is 10.3. The molecule has 154 valence electrons. The van der Waals surface area contributed by atoms with Crippen molar-refractivity contribution in [3.63, 3.8) is 0 Å². The SMILES string of the molecule is CCC(Cc1cnc(-c2cc(C)cc(Nc3nccc(C4CC4)n3)c2)cn1)C(=O)O. The molecule has 7 heteroatoms. The molecule has 3 aromatic rings. The van der Waals surface area contributed by atoms with Crippen LogP contribution >= 0.6 is 0 Å². The average Bonchev–Trinajstić information content (AvgIpc) is 3.57. The molecule has 2 aromatic heterocycles. The van der Waals surface area contributed by atoms with E-state index in [0.29, 0.717) is 30.4 Å². The minimum atomic E-state index is -0.800. The van der Waals surface area contributed by atoms with Gasteiger partial charge in [0, 0.05) is 41.7 Å². The van der Waals surface area contributed by atoms with Crippen LogP contribution in [0.3, 0.4) is 0 Å². The van der Waals surface area contributed by atoms with E-state index in [1.54, 1.807) is 18.6 Å². The lowest BCUT2D eigenvalue weighted by molar-refractivity contribution is -0.141. The zero-order valence-electron chi connectivity index (χ0n) is 17.2. The van der Waals surface area contributed by atoms with E-state index in [9.17, 15) is 9.90 Å². The van der Waals surface area contributed by atoms with Crippen molar-refractivity contribution in [1.82, 2.24) is 19.9 Å². The molecule has 2 heterocycles. The number of carboxylic acids is 1. The molecule has 1 aromatic carbocycles. The van der Waals surface area contributed by atoms with Gasteiger partial charge in [-0.3, -0.25) is 14.8 Å². The Morgan fingerprint density at radius 3 is 2.70 bits per heavy atom. The van der Waals surface area contributed by atoms with Crippen LogP contribution in [0.4, 0.5) is 11.6 Å². The molecule has 0 saturated heterocycles. The maximum absolute atomic E-state index is 11.2. The lowest BCUT2D eigenvalue weighted by Crippen LogP contribution is -2.16.